The van der Waals surface area contributed by atoms with Crippen molar-refractivity contribution in [1.29, 1.82) is 0 Å². The summed E-state index contributed by atoms with van der Waals surface area (Å²) in [6.45, 7) is 5.20. The van der Waals surface area contributed by atoms with Crippen molar-refractivity contribution in [1.82, 2.24) is 4.72 Å². The molecular formula is C12H21NO5S. The molecule has 0 saturated heterocycles. The van der Waals surface area contributed by atoms with Crippen molar-refractivity contribution in [2.75, 3.05) is 6.61 Å². The standard InChI is InChI=1S/C12H21NO5S/c1-12(2,3)10(6-7-14)13-19(16,17)11-5-4-9(8-15)18-11/h4-5,10,13-15H,6-8H2,1-3H3. The third kappa shape index (κ3) is 4.31. The van der Waals surface area contributed by atoms with Gasteiger partial charge >= 0.3 is 0 Å². The minimum atomic E-state index is -3.79. The Labute approximate surface area is 113 Å². The SMILES string of the molecule is CC(C)(C)C(CCO)NS(=O)(=O)c1ccc(CO)o1. The lowest BCUT2D eigenvalue weighted by Crippen LogP contribution is -2.44. The fourth-order valence-corrected chi connectivity index (χ4v) is 3.06. The van der Waals surface area contributed by atoms with Crippen LogP contribution in [0.2, 0.25) is 0 Å². The maximum absolute atomic E-state index is 12.1. The van der Waals surface area contributed by atoms with Gasteiger partial charge in [-0.05, 0) is 24.0 Å². The fraction of sp³-hybridized carbons (Fsp3) is 0.667. The van der Waals surface area contributed by atoms with Crippen LogP contribution in [0.4, 0.5) is 0 Å². The lowest BCUT2D eigenvalue weighted by atomic mass is 9.86. The number of furan rings is 1. The normalized spacial score (nSPS) is 14.6. The molecule has 1 aromatic heterocycles. The number of rotatable bonds is 6. The van der Waals surface area contributed by atoms with Crippen LogP contribution in [0, 0.1) is 5.41 Å². The first-order valence-corrected chi connectivity index (χ1v) is 7.52. The maximum atomic E-state index is 12.1. The number of sulfonamides is 1. The monoisotopic (exact) mass is 291 g/mol. The summed E-state index contributed by atoms with van der Waals surface area (Å²) >= 11 is 0. The number of hydrogen-bond acceptors (Lipinski definition) is 5. The van der Waals surface area contributed by atoms with Crippen LogP contribution in [-0.4, -0.2) is 31.3 Å². The van der Waals surface area contributed by atoms with E-state index >= 15 is 0 Å². The van der Waals surface area contributed by atoms with Crippen molar-refractivity contribution >= 4 is 10.0 Å². The highest BCUT2D eigenvalue weighted by atomic mass is 32.2. The Bertz CT molecular complexity index is 500. The lowest BCUT2D eigenvalue weighted by molar-refractivity contribution is 0.213. The van der Waals surface area contributed by atoms with E-state index < -0.39 is 16.1 Å². The second kappa shape index (κ2) is 6.04. The predicted molar refractivity (Wildman–Crippen MR) is 69.9 cm³/mol. The molecule has 0 fully saturated rings. The van der Waals surface area contributed by atoms with Gasteiger partial charge in [-0.1, -0.05) is 20.8 Å². The van der Waals surface area contributed by atoms with Crippen LogP contribution in [0.1, 0.15) is 33.0 Å². The third-order valence-corrected chi connectivity index (χ3v) is 4.16. The first-order valence-electron chi connectivity index (χ1n) is 6.03. The molecule has 0 aromatic carbocycles. The van der Waals surface area contributed by atoms with E-state index in [1.807, 2.05) is 20.8 Å². The molecule has 0 radical (unpaired) electrons. The van der Waals surface area contributed by atoms with E-state index in [-0.39, 0.29) is 29.5 Å². The van der Waals surface area contributed by atoms with Crippen molar-refractivity contribution in [2.24, 2.45) is 5.41 Å². The van der Waals surface area contributed by atoms with Gasteiger partial charge in [0.1, 0.15) is 12.4 Å². The summed E-state index contributed by atoms with van der Waals surface area (Å²) in [6.07, 6.45) is 0.316. The fourth-order valence-electron chi connectivity index (χ4n) is 1.63. The van der Waals surface area contributed by atoms with Gasteiger partial charge in [-0.3, -0.25) is 0 Å². The summed E-state index contributed by atoms with van der Waals surface area (Å²) in [7, 11) is -3.79. The molecule has 0 bridgehead atoms. The largest absolute Gasteiger partial charge is 0.446 e. The minimum absolute atomic E-state index is 0.107. The Balaban J connectivity index is 2.94. The molecule has 19 heavy (non-hydrogen) atoms. The molecule has 0 saturated carbocycles. The zero-order valence-electron chi connectivity index (χ0n) is 11.4. The van der Waals surface area contributed by atoms with Gasteiger partial charge in [0.25, 0.3) is 10.0 Å². The average Bonchev–Trinajstić information content (AvgIpc) is 2.76. The molecule has 1 atom stereocenters. The van der Waals surface area contributed by atoms with Crippen LogP contribution in [-0.2, 0) is 16.6 Å². The van der Waals surface area contributed by atoms with Crippen molar-refractivity contribution < 1.29 is 23.0 Å². The van der Waals surface area contributed by atoms with Gasteiger partial charge in [-0.25, -0.2) is 13.1 Å². The molecule has 7 heteroatoms. The molecule has 1 rings (SSSR count). The summed E-state index contributed by atoms with van der Waals surface area (Å²) in [5, 5.41) is 17.7. The molecule has 1 unspecified atom stereocenters. The smallest absolute Gasteiger partial charge is 0.274 e. The van der Waals surface area contributed by atoms with Crippen LogP contribution in [0.15, 0.2) is 21.6 Å². The molecule has 0 aliphatic rings. The predicted octanol–water partition coefficient (Wildman–Crippen LogP) is 0.847. The van der Waals surface area contributed by atoms with E-state index in [2.05, 4.69) is 4.72 Å². The Kier molecular flexibility index (Phi) is 5.14. The highest BCUT2D eigenvalue weighted by Crippen LogP contribution is 2.24. The molecule has 0 spiro atoms. The molecule has 0 amide bonds. The highest BCUT2D eigenvalue weighted by Gasteiger charge is 2.30. The Morgan fingerprint density at radius 3 is 2.37 bits per heavy atom. The number of hydrogen-bond donors (Lipinski definition) is 3. The average molecular weight is 291 g/mol. The van der Waals surface area contributed by atoms with Gasteiger partial charge in [0.05, 0.1) is 0 Å². The number of aliphatic hydroxyl groups excluding tert-OH is 2. The number of aliphatic hydroxyl groups is 2. The topological polar surface area (TPSA) is 99.8 Å². The molecule has 6 nitrogen and oxygen atoms in total. The first kappa shape index (κ1) is 16.2. The first-order chi connectivity index (χ1) is 8.70. The van der Waals surface area contributed by atoms with Gasteiger partial charge in [0.2, 0.25) is 5.09 Å². The molecule has 1 aromatic rings. The summed E-state index contributed by atoms with van der Waals surface area (Å²) < 4.78 is 31.8. The Morgan fingerprint density at radius 1 is 1.32 bits per heavy atom. The van der Waals surface area contributed by atoms with E-state index in [0.29, 0.717) is 6.42 Å². The second-order valence-corrected chi connectivity index (χ2v) is 7.08. The van der Waals surface area contributed by atoms with Gasteiger partial charge in [-0.15, -0.1) is 0 Å². The van der Waals surface area contributed by atoms with Crippen LogP contribution >= 0.6 is 0 Å². The lowest BCUT2D eigenvalue weighted by Gasteiger charge is -2.30. The van der Waals surface area contributed by atoms with Crippen LogP contribution in [0.3, 0.4) is 0 Å². The molecular weight excluding hydrogens is 270 g/mol. The van der Waals surface area contributed by atoms with E-state index in [9.17, 15) is 8.42 Å². The highest BCUT2D eigenvalue weighted by molar-refractivity contribution is 7.89. The maximum Gasteiger partial charge on any atom is 0.274 e. The summed E-state index contributed by atoms with van der Waals surface area (Å²) in [4.78, 5) is 0. The van der Waals surface area contributed by atoms with Crippen molar-refractivity contribution in [3.05, 3.63) is 17.9 Å². The molecule has 110 valence electrons. The zero-order chi connectivity index (χ0) is 14.7. The Hall–Kier alpha value is -0.890. The number of nitrogens with one attached hydrogen (secondary N) is 1. The van der Waals surface area contributed by atoms with Gasteiger partial charge in [-0.2, -0.15) is 0 Å². The van der Waals surface area contributed by atoms with E-state index in [4.69, 9.17) is 14.6 Å². The Morgan fingerprint density at radius 2 is 1.95 bits per heavy atom. The van der Waals surface area contributed by atoms with Gasteiger partial charge in [0, 0.05) is 12.6 Å². The minimum Gasteiger partial charge on any atom is -0.446 e. The third-order valence-electron chi connectivity index (χ3n) is 2.82. The van der Waals surface area contributed by atoms with Gasteiger partial charge in [0.15, 0.2) is 0 Å². The van der Waals surface area contributed by atoms with Crippen LogP contribution in [0.25, 0.3) is 0 Å². The second-order valence-electron chi connectivity index (χ2n) is 5.43. The summed E-state index contributed by atoms with van der Waals surface area (Å²) in [6, 6.07) is 2.30. The van der Waals surface area contributed by atoms with E-state index in [1.165, 1.54) is 12.1 Å². The van der Waals surface area contributed by atoms with Crippen LogP contribution < -0.4 is 4.72 Å². The quantitative estimate of drug-likeness (QED) is 0.721. The molecule has 1 heterocycles. The zero-order valence-corrected chi connectivity index (χ0v) is 12.2. The molecule has 3 N–H and O–H groups in total. The van der Waals surface area contributed by atoms with E-state index in [1.54, 1.807) is 0 Å². The van der Waals surface area contributed by atoms with Crippen molar-refractivity contribution in [3.63, 3.8) is 0 Å². The van der Waals surface area contributed by atoms with Gasteiger partial charge < -0.3 is 14.6 Å². The molecule has 0 aliphatic heterocycles. The van der Waals surface area contributed by atoms with Crippen molar-refractivity contribution in [3.8, 4) is 0 Å². The summed E-state index contributed by atoms with van der Waals surface area (Å²) in [5.74, 6) is 0.190. The van der Waals surface area contributed by atoms with E-state index in [0.717, 1.165) is 0 Å². The molecule has 0 aliphatic carbocycles. The van der Waals surface area contributed by atoms with Crippen LogP contribution in [0.5, 0.6) is 0 Å². The summed E-state index contributed by atoms with van der Waals surface area (Å²) in [5.41, 5.74) is -0.331. The van der Waals surface area contributed by atoms with Crippen molar-refractivity contribution in [2.45, 2.75) is 44.9 Å².